The van der Waals surface area contributed by atoms with Gasteiger partial charge in [0.25, 0.3) is 0 Å². The van der Waals surface area contributed by atoms with Gasteiger partial charge in [-0.05, 0) is 36.6 Å². The number of halogens is 2. The third-order valence-electron chi connectivity index (χ3n) is 2.72. The molecule has 0 aliphatic carbocycles. The van der Waals surface area contributed by atoms with Crippen LogP contribution in [0, 0.1) is 0 Å². The van der Waals surface area contributed by atoms with Gasteiger partial charge in [0.15, 0.2) is 0 Å². The summed E-state index contributed by atoms with van der Waals surface area (Å²) in [7, 11) is 0. The molecule has 0 aromatic heterocycles. The molecule has 2 nitrogen and oxygen atoms in total. The summed E-state index contributed by atoms with van der Waals surface area (Å²) < 4.78 is 6.64. The van der Waals surface area contributed by atoms with Crippen LogP contribution < -0.4 is 5.32 Å². The van der Waals surface area contributed by atoms with Crippen molar-refractivity contribution in [2.45, 2.75) is 25.5 Å². The molecule has 1 saturated heterocycles. The Bertz CT molecular complexity index is 353. The van der Waals surface area contributed by atoms with E-state index in [2.05, 4.69) is 21.2 Å². The van der Waals surface area contributed by atoms with Crippen molar-refractivity contribution in [1.29, 1.82) is 0 Å². The predicted octanol–water partition coefficient (Wildman–Crippen LogP) is 3.37. The van der Waals surface area contributed by atoms with Crippen molar-refractivity contribution < 1.29 is 4.74 Å². The molecule has 1 aromatic carbocycles. The van der Waals surface area contributed by atoms with E-state index >= 15 is 0 Å². The lowest BCUT2D eigenvalue weighted by molar-refractivity contribution is 0.110. The van der Waals surface area contributed by atoms with Crippen LogP contribution in [0.3, 0.4) is 0 Å². The van der Waals surface area contributed by atoms with Crippen LogP contribution in [0.2, 0.25) is 5.02 Å². The van der Waals surface area contributed by atoms with Gasteiger partial charge in [0.05, 0.1) is 6.10 Å². The number of hydrogen-bond donors (Lipinski definition) is 1. The first-order chi connectivity index (χ1) is 7.75. The predicted molar refractivity (Wildman–Crippen MR) is 69.8 cm³/mol. The van der Waals surface area contributed by atoms with Gasteiger partial charge in [0, 0.05) is 29.2 Å². The lowest BCUT2D eigenvalue weighted by atomic mass is 10.2. The van der Waals surface area contributed by atoms with Crippen molar-refractivity contribution >= 4 is 27.5 Å². The minimum atomic E-state index is 0.387. The van der Waals surface area contributed by atoms with Gasteiger partial charge in [0.2, 0.25) is 0 Å². The van der Waals surface area contributed by atoms with E-state index in [0.29, 0.717) is 6.10 Å². The molecule has 1 fully saturated rings. The Morgan fingerprint density at radius 3 is 3.12 bits per heavy atom. The van der Waals surface area contributed by atoms with E-state index in [1.54, 1.807) is 0 Å². The number of rotatable bonds is 4. The summed E-state index contributed by atoms with van der Waals surface area (Å²) in [6.45, 7) is 2.65. The molecule has 2 rings (SSSR count). The van der Waals surface area contributed by atoms with Gasteiger partial charge in [-0.25, -0.2) is 0 Å². The van der Waals surface area contributed by atoms with E-state index in [-0.39, 0.29) is 0 Å². The Hall–Kier alpha value is -0.0900. The minimum Gasteiger partial charge on any atom is -0.377 e. The van der Waals surface area contributed by atoms with E-state index in [9.17, 15) is 0 Å². The molecule has 0 amide bonds. The Morgan fingerprint density at radius 1 is 1.50 bits per heavy atom. The summed E-state index contributed by atoms with van der Waals surface area (Å²) in [5, 5.41) is 4.17. The molecule has 4 heteroatoms. The molecule has 0 spiro atoms. The Morgan fingerprint density at radius 2 is 2.38 bits per heavy atom. The average Bonchev–Trinajstić information content (AvgIpc) is 2.76. The fraction of sp³-hybridized carbons (Fsp3) is 0.500. The van der Waals surface area contributed by atoms with E-state index < -0.39 is 0 Å². The van der Waals surface area contributed by atoms with Crippen molar-refractivity contribution in [2.75, 3.05) is 13.2 Å². The second-order valence-electron chi connectivity index (χ2n) is 4.00. The van der Waals surface area contributed by atoms with Crippen LogP contribution in [0.5, 0.6) is 0 Å². The van der Waals surface area contributed by atoms with E-state index in [4.69, 9.17) is 16.3 Å². The molecule has 88 valence electrons. The van der Waals surface area contributed by atoms with E-state index in [0.717, 1.165) is 29.2 Å². The van der Waals surface area contributed by atoms with Gasteiger partial charge in [-0.3, -0.25) is 0 Å². The molecule has 1 heterocycles. The lowest BCUT2D eigenvalue weighted by Gasteiger charge is -2.11. The van der Waals surface area contributed by atoms with Gasteiger partial charge < -0.3 is 10.1 Å². The largest absolute Gasteiger partial charge is 0.377 e. The number of benzene rings is 1. The maximum Gasteiger partial charge on any atom is 0.0700 e. The highest BCUT2D eigenvalue weighted by atomic mass is 79.9. The quantitative estimate of drug-likeness (QED) is 0.921. The second-order valence-corrected chi connectivity index (χ2v) is 5.29. The first-order valence-electron chi connectivity index (χ1n) is 5.52. The van der Waals surface area contributed by atoms with Crippen molar-refractivity contribution in [3.8, 4) is 0 Å². The molecule has 0 radical (unpaired) electrons. The summed E-state index contributed by atoms with van der Waals surface area (Å²) in [6, 6.07) is 5.84. The fourth-order valence-electron chi connectivity index (χ4n) is 1.85. The minimum absolute atomic E-state index is 0.387. The smallest absolute Gasteiger partial charge is 0.0700 e. The third kappa shape index (κ3) is 3.45. The van der Waals surface area contributed by atoms with Gasteiger partial charge in [-0.2, -0.15) is 0 Å². The lowest BCUT2D eigenvalue weighted by Crippen LogP contribution is -2.25. The third-order valence-corrected chi connectivity index (χ3v) is 3.73. The molecule has 1 aliphatic heterocycles. The topological polar surface area (TPSA) is 21.3 Å². The summed E-state index contributed by atoms with van der Waals surface area (Å²) in [5.74, 6) is 0. The number of nitrogens with one attached hydrogen (secondary N) is 1. The van der Waals surface area contributed by atoms with Crippen LogP contribution in [-0.4, -0.2) is 19.3 Å². The van der Waals surface area contributed by atoms with Crippen LogP contribution >= 0.6 is 27.5 Å². The Labute approximate surface area is 109 Å². The summed E-state index contributed by atoms with van der Waals surface area (Å²) in [4.78, 5) is 0. The highest BCUT2D eigenvalue weighted by molar-refractivity contribution is 9.10. The van der Waals surface area contributed by atoms with Gasteiger partial charge in [-0.1, -0.05) is 27.5 Å². The van der Waals surface area contributed by atoms with E-state index in [1.165, 1.54) is 18.4 Å². The summed E-state index contributed by atoms with van der Waals surface area (Å²) in [6.07, 6.45) is 2.75. The zero-order valence-electron chi connectivity index (χ0n) is 9.01. The number of hydrogen-bond acceptors (Lipinski definition) is 2. The molecule has 0 bridgehead atoms. The Kier molecular flexibility index (Phi) is 4.65. The van der Waals surface area contributed by atoms with Crippen LogP contribution in [0.15, 0.2) is 22.7 Å². The molecule has 1 N–H and O–H groups in total. The zero-order valence-corrected chi connectivity index (χ0v) is 11.4. The first kappa shape index (κ1) is 12.4. The second kappa shape index (κ2) is 6.01. The standard InChI is InChI=1S/C12H15BrClNO/c13-12-4-3-10(14)6-9(12)7-15-8-11-2-1-5-16-11/h3-4,6,11,15H,1-2,5,7-8H2. The van der Waals surface area contributed by atoms with Crippen molar-refractivity contribution in [2.24, 2.45) is 0 Å². The fourth-order valence-corrected chi connectivity index (χ4v) is 2.43. The van der Waals surface area contributed by atoms with Crippen LogP contribution in [0.4, 0.5) is 0 Å². The van der Waals surface area contributed by atoms with Gasteiger partial charge in [-0.15, -0.1) is 0 Å². The highest BCUT2D eigenvalue weighted by Crippen LogP contribution is 2.21. The van der Waals surface area contributed by atoms with Gasteiger partial charge in [0.1, 0.15) is 0 Å². The van der Waals surface area contributed by atoms with Crippen LogP contribution in [0.1, 0.15) is 18.4 Å². The van der Waals surface area contributed by atoms with Crippen LogP contribution in [0.25, 0.3) is 0 Å². The van der Waals surface area contributed by atoms with Crippen molar-refractivity contribution in [3.63, 3.8) is 0 Å². The molecule has 16 heavy (non-hydrogen) atoms. The highest BCUT2D eigenvalue weighted by Gasteiger charge is 2.14. The molecule has 0 saturated carbocycles. The first-order valence-corrected chi connectivity index (χ1v) is 6.69. The monoisotopic (exact) mass is 303 g/mol. The Balaban J connectivity index is 1.82. The van der Waals surface area contributed by atoms with Gasteiger partial charge >= 0.3 is 0 Å². The summed E-state index contributed by atoms with van der Waals surface area (Å²) >= 11 is 9.46. The van der Waals surface area contributed by atoms with Crippen molar-refractivity contribution in [3.05, 3.63) is 33.3 Å². The molecule has 1 atom stereocenters. The molecular formula is C12H15BrClNO. The molecule has 1 aliphatic rings. The molecule has 1 unspecified atom stereocenters. The average molecular weight is 305 g/mol. The molecular weight excluding hydrogens is 289 g/mol. The van der Waals surface area contributed by atoms with Crippen LogP contribution in [-0.2, 0) is 11.3 Å². The summed E-state index contributed by atoms with van der Waals surface area (Å²) in [5.41, 5.74) is 1.19. The molecule has 1 aromatic rings. The SMILES string of the molecule is Clc1ccc(Br)c(CNCC2CCCO2)c1. The normalized spacial score (nSPS) is 20.2. The number of ether oxygens (including phenoxy) is 1. The maximum absolute atomic E-state index is 5.95. The maximum atomic E-state index is 5.95. The van der Waals surface area contributed by atoms with E-state index in [1.807, 2.05) is 18.2 Å². The van der Waals surface area contributed by atoms with Crippen molar-refractivity contribution in [1.82, 2.24) is 5.32 Å². The zero-order chi connectivity index (χ0) is 11.4.